The Morgan fingerprint density at radius 1 is 1.40 bits per heavy atom. The second-order valence-electron chi connectivity index (χ2n) is 5.54. The van der Waals surface area contributed by atoms with Gasteiger partial charge in [0, 0.05) is 19.0 Å². The minimum atomic E-state index is -0.782. The van der Waals surface area contributed by atoms with E-state index in [9.17, 15) is 9.90 Å². The number of hydrogen-bond donors (Lipinski definition) is 1. The number of carboxylic acid groups (broad SMARTS) is 1. The molecule has 2 aliphatic heterocycles. The predicted molar refractivity (Wildman–Crippen MR) is 72.9 cm³/mol. The molecule has 1 N–H and O–H groups in total. The molecule has 0 aliphatic carbocycles. The lowest BCUT2D eigenvalue weighted by Crippen LogP contribution is -2.45. The molecule has 3 atom stereocenters. The highest BCUT2D eigenvalue weighted by Gasteiger charge is 2.38. The van der Waals surface area contributed by atoms with E-state index in [-0.39, 0.29) is 12.1 Å². The van der Waals surface area contributed by atoms with Crippen LogP contribution in [0.2, 0.25) is 0 Å². The molecular weight excluding hydrogens is 258 g/mol. The molecule has 0 spiro atoms. The zero-order valence-corrected chi connectivity index (χ0v) is 11.5. The molecule has 0 aromatic heterocycles. The van der Waals surface area contributed by atoms with Gasteiger partial charge in [0.05, 0.1) is 19.1 Å². The van der Waals surface area contributed by atoms with Crippen LogP contribution in [0.25, 0.3) is 0 Å². The highest BCUT2D eigenvalue weighted by molar-refractivity contribution is 5.71. The molecule has 3 rings (SSSR count). The van der Waals surface area contributed by atoms with Gasteiger partial charge in [0.1, 0.15) is 11.9 Å². The topological polar surface area (TPSA) is 59.0 Å². The molecule has 1 aromatic carbocycles. The van der Waals surface area contributed by atoms with E-state index in [1.165, 1.54) is 5.56 Å². The van der Waals surface area contributed by atoms with Crippen molar-refractivity contribution in [3.8, 4) is 5.75 Å². The van der Waals surface area contributed by atoms with Gasteiger partial charge in [-0.15, -0.1) is 0 Å². The van der Waals surface area contributed by atoms with Crippen LogP contribution in [0.4, 0.5) is 0 Å². The number of nitrogens with zero attached hydrogens (tertiary/aromatic N) is 1. The van der Waals surface area contributed by atoms with Crippen molar-refractivity contribution < 1.29 is 19.4 Å². The first-order valence-electron chi connectivity index (χ1n) is 6.90. The van der Waals surface area contributed by atoms with Crippen molar-refractivity contribution in [3.05, 3.63) is 29.8 Å². The fourth-order valence-electron chi connectivity index (χ4n) is 3.03. The molecule has 1 saturated heterocycles. The van der Waals surface area contributed by atoms with Crippen molar-refractivity contribution in [2.75, 3.05) is 26.8 Å². The molecule has 5 nitrogen and oxygen atoms in total. The summed E-state index contributed by atoms with van der Waals surface area (Å²) in [6.07, 6.45) is 0.971. The summed E-state index contributed by atoms with van der Waals surface area (Å²) in [4.78, 5) is 13.3. The molecular formula is C15H19NO4. The van der Waals surface area contributed by atoms with Crippen molar-refractivity contribution >= 4 is 5.97 Å². The molecule has 3 unspecified atom stereocenters. The van der Waals surface area contributed by atoms with Gasteiger partial charge in [0.2, 0.25) is 0 Å². The van der Waals surface area contributed by atoms with Crippen molar-refractivity contribution in [2.24, 2.45) is 5.92 Å². The van der Waals surface area contributed by atoms with E-state index in [0.717, 1.165) is 12.2 Å². The van der Waals surface area contributed by atoms with Gasteiger partial charge in [-0.05, 0) is 18.7 Å². The maximum absolute atomic E-state index is 11.2. The Labute approximate surface area is 118 Å². The van der Waals surface area contributed by atoms with Gasteiger partial charge in [-0.25, -0.2) is 0 Å². The Morgan fingerprint density at radius 2 is 2.20 bits per heavy atom. The third-order valence-corrected chi connectivity index (χ3v) is 4.14. The number of fused-ring (bicyclic) bond motifs is 1. The van der Waals surface area contributed by atoms with E-state index in [0.29, 0.717) is 19.8 Å². The molecule has 2 heterocycles. The minimum absolute atomic E-state index is 0.0696. The minimum Gasteiger partial charge on any atom is -0.488 e. The van der Waals surface area contributed by atoms with E-state index in [1.807, 2.05) is 25.2 Å². The second kappa shape index (κ2) is 5.42. The fourth-order valence-corrected chi connectivity index (χ4v) is 3.03. The first kappa shape index (κ1) is 13.4. The maximum atomic E-state index is 11.2. The lowest BCUT2D eigenvalue weighted by molar-refractivity contribution is -0.143. The van der Waals surface area contributed by atoms with Crippen molar-refractivity contribution in [1.82, 2.24) is 4.90 Å². The van der Waals surface area contributed by atoms with Crippen LogP contribution in [0.15, 0.2) is 24.3 Å². The Morgan fingerprint density at radius 3 is 2.95 bits per heavy atom. The van der Waals surface area contributed by atoms with Crippen LogP contribution in [0, 0.1) is 5.92 Å². The van der Waals surface area contributed by atoms with Gasteiger partial charge in [-0.2, -0.15) is 0 Å². The number of hydrogen-bond acceptors (Lipinski definition) is 4. The van der Waals surface area contributed by atoms with E-state index < -0.39 is 11.9 Å². The van der Waals surface area contributed by atoms with Crippen LogP contribution in [-0.2, 0) is 16.0 Å². The van der Waals surface area contributed by atoms with E-state index in [2.05, 4.69) is 11.0 Å². The van der Waals surface area contributed by atoms with Gasteiger partial charge in [0.15, 0.2) is 0 Å². The molecule has 0 radical (unpaired) electrons. The second-order valence-corrected chi connectivity index (χ2v) is 5.54. The summed E-state index contributed by atoms with van der Waals surface area (Å²) < 4.78 is 11.2. The number of carbonyl (C=O) groups is 1. The van der Waals surface area contributed by atoms with Gasteiger partial charge < -0.3 is 14.6 Å². The zero-order valence-electron chi connectivity index (χ0n) is 11.5. The van der Waals surface area contributed by atoms with Gasteiger partial charge in [-0.1, -0.05) is 18.2 Å². The Hall–Kier alpha value is -1.59. The Balaban J connectivity index is 1.60. The molecule has 0 saturated carbocycles. The number of benzene rings is 1. The first-order valence-corrected chi connectivity index (χ1v) is 6.90. The van der Waals surface area contributed by atoms with Gasteiger partial charge in [0.25, 0.3) is 0 Å². The number of aliphatic carboxylic acids is 1. The van der Waals surface area contributed by atoms with Crippen LogP contribution >= 0.6 is 0 Å². The van der Waals surface area contributed by atoms with Crippen LogP contribution in [-0.4, -0.2) is 54.9 Å². The maximum Gasteiger partial charge on any atom is 0.310 e. The fraction of sp³-hybridized carbons (Fsp3) is 0.533. The third kappa shape index (κ3) is 2.51. The summed E-state index contributed by atoms with van der Waals surface area (Å²) in [5, 5.41) is 9.20. The summed E-state index contributed by atoms with van der Waals surface area (Å²) >= 11 is 0. The summed E-state index contributed by atoms with van der Waals surface area (Å²) in [6, 6.07) is 7.97. The molecule has 2 aliphatic rings. The van der Waals surface area contributed by atoms with E-state index >= 15 is 0 Å². The number of likely N-dealkylation sites (N-methyl/N-ethyl adjacent to an activating group) is 1. The summed E-state index contributed by atoms with van der Waals surface area (Å²) in [5.74, 6) is -0.276. The monoisotopic (exact) mass is 277 g/mol. The lowest BCUT2D eigenvalue weighted by atomic mass is 10.0. The quantitative estimate of drug-likeness (QED) is 0.890. The average Bonchev–Trinajstić information content (AvgIpc) is 3.04. The molecule has 20 heavy (non-hydrogen) atoms. The highest BCUT2D eigenvalue weighted by Crippen LogP contribution is 2.29. The summed E-state index contributed by atoms with van der Waals surface area (Å²) in [5.41, 5.74) is 1.23. The van der Waals surface area contributed by atoms with Crippen molar-refractivity contribution in [1.29, 1.82) is 0 Å². The third-order valence-electron chi connectivity index (χ3n) is 4.14. The van der Waals surface area contributed by atoms with Crippen molar-refractivity contribution in [2.45, 2.75) is 18.6 Å². The molecule has 5 heteroatoms. The zero-order chi connectivity index (χ0) is 14.1. The smallest absolute Gasteiger partial charge is 0.310 e. The molecule has 108 valence electrons. The summed E-state index contributed by atoms with van der Waals surface area (Å²) in [6.45, 7) is 1.50. The molecule has 0 bridgehead atoms. The SMILES string of the molecule is CN(CC1Cc2ccccc2O1)C1COCC1C(=O)O. The number of rotatable bonds is 4. The normalized spacial score (nSPS) is 28.4. The molecule has 1 fully saturated rings. The number of carboxylic acids is 1. The van der Waals surface area contributed by atoms with Crippen molar-refractivity contribution in [3.63, 3.8) is 0 Å². The first-order chi connectivity index (χ1) is 9.65. The lowest BCUT2D eigenvalue weighted by Gasteiger charge is -2.28. The van der Waals surface area contributed by atoms with E-state index in [4.69, 9.17) is 9.47 Å². The average molecular weight is 277 g/mol. The largest absolute Gasteiger partial charge is 0.488 e. The van der Waals surface area contributed by atoms with Crippen LogP contribution in [0.5, 0.6) is 5.75 Å². The molecule has 0 amide bonds. The van der Waals surface area contributed by atoms with Crippen LogP contribution < -0.4 is 4.74 Å². The van der Waals surface area contributed by atoms with E-state index in [1.54, 1.807) is 0 Å². The predicted octanol–water partition coefficient (Wildman–Crippen LogP) is 1.02. The Kier molecular flexibility index (Phi) is 3.63. The number of ether oxygens (including phenoxy) is 2. The Bertz CT molecular complexity index is 479. The van der Waals surface area contributed by atoms with Gasteiger partial charge in [-0.3, -0.25) is 9.69 Å². The molecule has 1 aromatic rings. The summed E-state index contributed by atoms with van der Waals surface area (Å²) in [7, 11) is 1.95. The highest BCUT2D eigenvalue weighted by atomic mass is 16.5. The standard InChI is InChI=1S/C15H19NO4/c1-16(13-9-19-8-12(13)15(17)18)7-11-6-10-4-2-3-5-14(10)20-11/h2-5,11-13H,6-9H2,1H3,(H,17,18). The van der Waals surface area contributed by atoms with Gasteiger partial charge >= 0.3 is 5.97 Å². The van der Waals surface area contributed by atoms with Crippen LogP contribution in [0.1, 0.15) is 5.56 Å². The van der Waals surface area contributed by atoms with Crippen LogP contribution in [0.3, 0.4) is 0 Å². The number of para-hydroxylation sites is 1.